The average molecular weight is 492 g/mol. The number of pyridine rings is 2. The number of anilines is 2. The highest BCUT2D eigenvalue weighted by Crippen LogP contribution is 2.37. The lowest BCUT2D eigenvalue weighted by molar-refractivity contribution is 0.220. The number of piperidine rings is 1. The maximum atomic E-state index is 4.58. The van der Waals surface area contributed by atoms with Gasteiger partial charge in [0.2, 0.25) is 0 Å². The Bertz CT molecular complexity index is 1440. The van der Waals surface area contributed by atoms with Crippen molar-refractivity contribution < 1.29 is 0 Å². The molecule has 7 heteroatoms. The fourth-order valence-electron chi connectivity index (χ4n) is 5.06. The van der Waals surface area contributed by atoms with Gasteiger partial charge in [0.25, 0.3) is 0 Å². The Hall–Kier alpha value is -3.97. The van der Waals surface area contributed by atoms with Crippen molar-refractivity contribution in [3.8, 4) is 11.1 Å². The lowest BCUT2D eigenvalue weighted by Crippen LogP contribution is -2.29. The van der Waals surface area contributed by atoms with E-state index in [1.807, 2.05) is 18.5 Å². The van der Waals surface area contributed by atoms with E-state index in [1.165, 1.54) is 50.8 Å². The number of rotatable bonds is 9. The van der Waals surface area contributed by atoms with Crippen molar-refractivity contribution in [2.24, 2.45) is 5.92 Å². The molecular weight excluding hydrogens is 458 g/mol. The molecule has 0 amide bonds. The minimum atomic E-state index is 0.561. The molecular formula is C30H33N7. The summed E-state index contributed by atoms with van der Waals surface area (Å²) >= 11 is 0. The number of nitrogens with zero attached hydrogens (tertiary/aromatic N) is 4. The van der Waals surface area contributed by atoms with Crippen LogP contribution >= 0.6 is 0 Å². The molecule has 0 radical (unpaired) electrons. The Morgan fingerprint density at radius 2 is 1.78 bits per heavy atom. The van der Waals surface area contributed by atoms with E-state index in [1.54, 1.807) is 12.4 Å². The predicted octanol–water partition coefficient (Wildman–Crippen LogP) is 6.42. The van der Waals surface area contributed by atoms with Gasteiger partial charge in [0.05, 0.1) is 28.8 Å². The number of benzene rings is 1. The summed E-state index contributed by atoms with van der Waals surface area (Å²) < 4.78 is 0. The van der Waals surface area contributed by atoms with Crippen molar-refractivity contribution in [1.82, 2.24) is 25.1 Å². The zero-order valence-corrected chi connectivity index (χ0v) is 21.1. The number of allylic oxidation sites excluding steroid dienone is 1. The van der Waals surface area contributed by atoms with E-state index in [-0.39, 0.29) is 0 Å². The molecule has 37 heavy (non-hydrogen) atoms. The van der Waals surface area contributed by atoms with Gasteiger partial charge in [0.1, 0.15) is 5.69 Å². The van der Waals surface area contributed by atoms with Crippen LogP contribution < -0.4 is 10.6 Å². The summed E-state index contributed by atoms with van der Waals surface area (Å²) in [4.78, 5) is 11.4. The van der Waals surface area contributed by atoms with Crippen LogP contribution in [-0.4, -0.2) is 38.2 Å². The maximum Gasteiger partial charge on any atom is 0.116 e. The smallest absolute Gasteiger partial charge is 0.116 e. The molecule has 1 saturated heterocycles. The molecule has 0 unspecified atom stereocenters. The third kappa shape index (κ3) is 5.27. The van der Waals surface area contributed by atoms with Crippen LogP contribution in [0.15, 0.2) is 74.0 Å². The van der Waals surface area contributed by atoms with Gasteiger partial charge in [-0.25, -0.2) is 0 Å². The molecule has 3 aromatic heterocycles. The van der Waals surface area contributed by atoms with Crippen LogP contribution in [0.3, 0.4) is 0 Å². The zero-order valence-electron chi connectivity index (χ0n) is 21.1. The van der Waals surface area contributed by atoms with E-state index in [0.29, 0.717) is 11.6 Å². The Labute approximate surface area is 217 Å². The van der Waals surface area contributed by atoms with Crippen molar-refractivity contribution in [2.75, 3.05) is 23.7 Å². The van der Waals surface area contributed by atoms with Crippen LogP contribution in [0, 0.1) is 5.92 Å². The van der Waals surface area contributed by atoms with Gasteiger partial charge in [-0.2, -0.15) is 5.10 Å². The van der Waals surface area contributed by atoms with Gasteiger partial charge in [0, 0.05) is 41.8 Å². The summed E-state index contributed by atoms with van der Waals surface area (Å²) in [5.74, 6) is 0.561. The average Bonchev–Trinajstić information content (AvgIpc) is 3.69. The predicted molar refractivity (Wildman–Crippen MR) is 151 cm³/mol. The highest BCUT2D eigenvalue weighted by molar-refractivity contribution is 5.95. The van der Waals surface area contributed by atoms with E-state index in [2.05, 4.69) is 73.1 Å². The second-order valence-corrected chi connectivity index (χ2v) is 10.2. The minimum absolute atomic E-state index is 0.561. The molecule has 1 aliphatic carbocycles. The van der Waals surface area contributed by atoms with E-state index >= 15 is 0 Å². The van der Waals surface area contributed by atoms with Crippen LogP contribution in [0.5, 0.6) is 0 Å². The number of hydrogen-bond donors (Lipinski definition) is 3. The summed E-state index contributed by atoms with van der Waals surface area (Å²) in [6.07, 6.45) is 13.8. The van der Waals surface area contributed by atoms with E-state index < -0.39 is 0 Å². The molecule has 1 aromatic carbocycles. The number of likely N-dealkylation sites (tertiary alicyclic amines) is 1. The maximum absolute atomic E-state index is 4.58. The topological polar surface area (TPSA) is 81.8 Å². The first-order valence-electron chi connectivity index (χ1n) is 13.1. The Kier molecular flexibility index (Phi) is 6.45. The second kappa shape index (κ2) is 10.2. The quantitative estimate of drug-likeness (QED) is 0.250. The van der Waals surface area contributed by atoms with E-state index in [9.17, 15) is 0 Å². The van der Waals surface area contributed by atoms with Crippen LogP contribution in [0.1, 0.15) is 43.4 Å². The van der Waals surface area contributed by atoms with E-state index in [4.69, 9.17) is 0 Å². The number of hydrogen-bond acceptors (Lipinski definition) is 6. The third-order valence-electron chi connectivity index (χ3n) is 7.30. The van der Waals surface area contributed by atoms with Crippen LogP contribution in [0.2, 0.25) is 0 Å². The molecule has 188 valence electrons. The third-order valence-corrected chi connectivity index (χ3v) is 7.30. The van der Waals surface area contributed by atoms with Gasteiger partial charge >= 0.3 is 0 Å². The van der Waals surface area contributed by atoms with Crippen molar-refractivity contribution in [3.05, 3.63) is 85.2 Å². The molecule has 7 nitrogen and oxygen atoms in total. The number of aromatic nitrogens is 4. The largest absolute Gasteiger partial charge is 0.357 e. The van der Waals surface area contributed by atoms with Gasteiger partial charge in [0.15, 0.2) is 0 Å². The molecule has 2 fully saturated rings. The highest BCUT2D eigenvalue weighted by atomic mass is 15.1. The number of nitrogens with one attached hydrogen (secondary N) is 3. The SMILES string of the molecule is C=C(Nc1cnccc1NC(=C)C1CC1)c1n[nH]c2ccc(-c3cncc(CN4CCCCC4)c3)cc12. The van der Waals surface area contributed by atoms with Crippen LogP contribution in [-0.2, 0) is 6.54 Å². The normalized spacial score (nSPS) is 16.0. The molecule has 4 heterocycles. The molecule has 1 saturated carbocycles. The fraction of sp³-hybridized carbons (Fsp3) is 0.300. The molecule has 0 bridgehead atoms. The zero-order chi connectivity index (χ0) is 25.2. The lowest BCUT2D eigenvalue weighted by atomic mass is 10.0. The first kappa shape index (κ1) is 23.4. The lowest BCUT2D eigenvalue weighted by Gasteiger charge is -2.26. The first-order chi connectivity index (χ1) is 18.1. The van der Waals surface area contributed by atoms with Crippen molar-refractivity contribution >= 4 is 28.0 Å². The second-order valence-electron chi connectivity index (χ2n) is 10.2. The molecule has 1 aliphatic heterocycles. The molecule has 4 aromatic rings. The Morgan fingerprint density at radius 3 is 2.62 bits per heavy atom. The summed E-state index contributed by atoms with van der Waals surface area (Å²) in [7, 11) is 0. The van der Waals surface area contributed by atoms with Crippen LogP contribution in [0.4, 0.5) is 11.4 Å². The summed E-state index contributed by atoms with van der Waals surface area (Å²) in [6, 6.07) is 10.6. The number of fused-ring (bicyclic) bond motifs is 1. The molecule has 0 atom stereocenters. The number of H-pyrrole nitrogens is 1. The van der Waals surface area contributed by atoms with Gasteiger partial charge in [-0.1, -0.05) is 25.6 Å². The summed E-state index contributed by atoms with van der Waals surface area (Å²) in [5, 5.41) is 15.6. The number of aromatic amines is 1. The summed E-state index contributed by atoms with van der Waals surface area (Å²) in [5.41, 5.74) is 8.75. The Morgan fingerprint density at radius 1 is 0.919 bits per heavy atom. The van der Waals surface area contributed by atoms with Crippen LogP contribution in [0.25, 0.3) is 27.7 Å². The Balaban J connectivity index is 1.23. The van der Waals surface area contributed by atoms with E-state index in [0.717, 1.165) is 51.3 Å². The summed E-state index contributed by atoms with van der Waals surface area (Å²) in [6.45, 7) is 11.8. The monoisotopic (exact) mass is 491 g/mol. The van der Waals surface area contributed by atoms with Gasteiger partial charge in [-0.3, -0.25) is 20.0 Å². The van der Waals surface area contributed by atoms with Crippen molar-refractivity contribution in [3.63, 3.8) is 0 Å². The molecule has 2 aliphatic rings. The molecule has 6 rings (SSSR count). The van der Waals surface area contributed by atoms with Crippen molar-refractivity contribution in [1.29, 1.82) is 0 Å². The minimum Gasteiger partial charge on any atom is -0.357 e. The first-order valence-corrected chi connectivity index (χ1v) is 13.1. The highest BCUT2D eigenvalue weighted by Gasteiger charge is 2.25. The fourth-order valence-corrected chi connectivity index (χ4v) is 5.06. The van der Waals surface area contributed by atoms with Gasteiger partial charge in [-0.05, 0) is 80.1 Å². The van der Waals surface area contributed by atoms with Gasteiger partial charge < -0.3 is 10.6 Å². The van der Waals surface area contributed by atoms with Gasteiger partial charge in [-0.15, -0.1) is 0 Å². The standard InChI is InChI=1S/C30H33N7/c1-20(23-6-7-23)33-28-10-11-31-18-29(28)34-21(2)30-26-15-24(8-9-27(26)35-36-30)25-14-22(16-32-17-25)19-37-12-4-3-5-13-37/h8-11,14-18,23,34H,1-7,12-13,19H2,(H,31,33)(H,35,36). The van der Waals surface area contributed by atoms with Crippen molar-refractivity contribution in [2.45, 2.75) is 38.6 Å². The molecule has 0 spiro atoms. The molecule has 3 N–H and O–H groups in total.